The van der Waals surface area contributed by atoms with Crippen molar-refractivity contribution >= 4 is 27.5 Å². The third-order valence-electron chi connectivity index (χ3n) is 2.51. The lowest BCUT2D eigenvalue weighted by atomic mass is 9.98. The van der Waals surface area contributed by atoms with Gasteiger partial charge in [0.25, 0.3) is 0 Å². The highest BCUT2D eigenvalue weighted by molar-refractivity contribution is 9.10. The first-order chi connectivity index (χ1) is 7.66. The molecule has 16 heavy (non-hydrogen) atoms. The average Bonchev–Trinajstić information content (AvgIpc) is 2.28. The fraction of sp³-hybridized carbons (Fsp3) is 0.333. The Morgan fingerprint density at radius 1 is 1.38 bits per heavy atom. The van der Waals surface area contributed by atoms with Gasteiger partial charge in [-0.25, -0.2) is 0 Å². The van der Waals surface area contributed by atoms with Gasteiger partial charge in [0, 0.05) is 9.50 Å². The largest absolute Gasteiger partial charge is 0.501 e. The standard InChI is InChI=1S/C12H12BrClO2/c13-10-4-9(5-11(14)6-10)12(15)8-2-1-3-16-7-8/h4-7,12,15H,1-3H2. The SMILES string of the molecule is OC(C1=COCCC1)c1cc(Cl)cc(Br)c1. The molecule has 0 saturated carbocycles. The van der Waals surface area contributed by atoms with Crippen LogP contribution in [0, 0.1) is 0 Å². The van der Waals surface area contributed by atoms with Crippen LogP contribution in [0.5, 0.6) is 0 Å². The van der Waals surface area contributed by atoms with Crippen LogP contribution in [0.15, 0.2) is 34.5 Å². The van der Waals surface area contributed by atoms with Gasteiger partial charge in [-0.3, -0.25) is 0 Å². The fourth-order valence-electron chi connectivity index (χ4n) is 1.73. The van der Waals surface area contributed by atoms with Gasteiger partial charge in [-0.2, -0.15) is 0 Å². The zero-order valence-corrected chi connectivity index (χ0v) is 11.0. The summed E-state index contributed by atoms with van der Waals surface area (Å²) in [5, 5.41) is 10.8. The maximum Gasteiger partial charge on any atom is 0.103 e. The zero-order chi connectivity index (χ0) is 11.5. The molecule has 1 aromatic rings. The van der Waals surface area contributed by atoms with Crippen molar-refractivity contribution in [3.63, 3.8) is 0 Å². The van der Waals surface area contributed by atoms with E-state index < -0.39 is 6.10 Å². The predicted molar refractivity (Wildman–Crippen MR) is 67.4 cm³/mol. The van der Waals surface area contributed by atoms with Crippen LogP contribution in [0.1, 0.15) is 24.5 Å². The van der Waals surface area contributed by atoms with Crippen molar-refractivity contribution in [1.29, 1.82) is 0 Å². The molecule has 1 N–H and O–H groups in total. The van der Waals surface area contributed by atoms with E-state index in [0.717, 1.165) is 35.1 Å². The molecule has 1 aliphatic rings. The highest BCUT2D eigenvalue weighted by Gasteiger charge is 2.17. The molecule has 1 aromatic carbocycles. The minimum Gasteiger partial charge on any atom is -0.501 e. The minimum absolute atomic E-state index is 0.612. The van der Waals surface area contributed by atoms with Gasteiger partial charge in [0.2, 0.25) is 0 Å². The Kier molecular flexibility index (Phi) is 3.90. The Bertz CT molecular complexity index is 397. The van der Waals surface area contributed by atoms with Gasteiger partial charge in [-0.15, -0.1) is 0 Å². The molecule has 0 amide bonds. The first-order valence-electron chi connectivity index (χ1n) is 5.11. The van der Waals surface area contributed by atoms with Crippen LogP contribution in [0.4, 0.5) is 0 Å². The van der Waals surface area contributed by atoms with Gasteiger partial charge >= 0.3 is 0 Å². The lowest BCUT2D eigenvalue weighted by molar-refractivity contribution is 0.170. The number of ether oxygens (including phenoxy) is 1. The molecule has 0 aromatic heterocycles. The number of benzene rings is 1. The van der Waals surface area contributed by atoms with Crippen LogP contribution in [-0.4, -0.2) is 11.7 Å². The molecule has 0 radical (unpaired) electrons. The lowest BCUT2D eigenvalue weighted by Crippen LogP contribution is -2.07. The van der Waals surface area contributed by atoms with E-state index >= 15 is 0 Å². The van der Waals surface area contributed by atoms with E-state index in [2.05, 4.69) is 15.9 Å². The summed E-state index contributed by atoms with van der Waals surface area (Å²) in [6.07, 6.45) is 2.84. The molecule has 0 spiro atoms. The molecule has 0 saturated heterocycles. The number of hydrogen-bond acceptors (Lipinski definition) is 2. The molecule has 2 rings (SSSR count). The molecule has 1 atom stereocenters. The third-order valence-corrected chi connectivity index (χ3v) is 3.19. The van der Waals surface area contributed by atoms with Crippen LogP contribution in [0.2, 0.25) is 5.02 Å². The molecule has 0 bridgehead atoms. The summed E-state index contributed by atoms with van der Waals surface area (Å²) >= 11 is 9.30. The van der Waals surface area contributed by atoms with E-state index in [1.807, 2.05) is 6.07 Å². The third kappa shape index (κ3) is 2.78. The molecule has 4 heteroatoms. The molecule has 0 fully saturated rings. The molecule has 0 aliphatic carbocycles. The Hall–Kier alpha value is -0.510. The van der Waals surface area contributed by atoms with E-state index in [0.29, 0.717) is 5.02 Å². The summed E-state index contributed by atoms with van der Waals surface area (Å²) in [4.78, 5) is 0. The Morgan fingerprint density at radius 3 is 2.81 bits per heavy atom. The van der Waals surface area contributed by atoms with Gasteiger partial charge in [0.1, 0.15) is 6.10 Å². The van der Waals surface area contributed by atoms with E-state index in [9.17, 15) is 5.11 Å². The second-order valence-electron chi connectivity index (χ2n) is 3.77. The van der Waals surface area contributed by atoms with E-state index in [-0.39, 0.29) is 0 Å². The monoisotopic (exact) mass is 302 g/mol. The van der Waals surface area contributed by atoms with Crippen molar-refractivity contribution in [3.05, 3.63) is 45.1 Å². The summed E-state index contributed by atoms with van der Waals surface area (Å²) in [6, 6.07) is 5.43. The maximum absolute atomic E-state index is 10.2. The van der Waals surface area contributed by atoms with Crippen LogP contribution in [-0.2, 0) is 4.74 Å². The van der Waals surface area contributed by atoms with E-state index in [1.54, 1.807) is 18.4 Å². The quantitative estimate of drug-likeness (QED) is 0.900. The topological polar surface area (TPSA) is 29.5 Å². The Morgan fingerprint density at radius 2 is 2.19 bits per heavy atom. The fourth-order valence-corrected chi connectivity index (χ4v) is 2.62. The van der Waals surface area contributed by atoms with Gasteiger partial charge in [0.05, 0.1) is 12.9 Å². The number of halogens is 2. The molecular formula is C12H12BrClO2. The number of hydrogen-bond donors (Lipinski definition) is 1. The molecule has 86 valence electrons. The van der Waals surface area contributed by atoms with E-state index in [1.165, 1.54) is 0 Å². The average molecular weight is 304 g/mol. The van der Waals surface area contributed by atoms with Crippen molar-refractivity contribution in [2.75, 3.05) is 6.61 Å². The number of aliphatic hydroxyl groups excluding tert-OH is 1. The van der Waals surface area contributed by atoms with Gasteiger partial charge in [0.15, 0.2) is 0 Å². The van der Waals surface area contributed by atoms with E-state index in [4.69, 9.17) is 16.3 Å². The molecule has 1 unspecified atom stereocenters. The lowest BCUT2D eigenvalue weighted by Gasteiger charge is -2.19. The van der Waals surface area contributed by atoms with Crippen molar-refractivity contribution in [2.24, 2.45) is 0 Å². The predicted octanol–water partition coefficient (Wildman–Crippen LogP) is 3.83. The Balaban J connectivity index is 2.25. The van der Waals surface area contributed by atoms with Crippen LogP contribution >= 0.6 is 27.5 Å². The highest BCUT2D eigenvalue weighted by Crippen LogP contribution is 2.31. The first-order valence-corrected chi connectivity index (χ1v) is 6.28. The van der Waals surface area contributed by atoms with Crippen LogP contribution < -0.4 is 0 Å². The number of aliphatic hydroxyl groups is 1. The Labute approximate surface area is 108 Å². The second-order valence-corrected chi connectivity index (χ2v) is 5.12. The molecule has 2 nitrogen and oxygen atoms in total. The summed E-state index contributed by atoms with van der Waals surface area (Å²) in [6.45, 7) is 0.732. The maximum atomic E-state index is 10.2. The van der Waals surface area contributed by atoms with Crippen LogP contribution in [0.3, 0.4) is 0 Å². The van der Waals surface area contributed by atoms with Gasteiger partial charge in [-0.05, 0) is 42.2 Å². The molecular weight excluding hydrogens is 291 g/mol. The van der Waals surface area contributed by atoms with Crippen molar-refractivity contribution in [2.45, 2.75) is 18.9 Å². The van der Waals surface area contributed by atoms with Crippen molar-refractivity contribution < 1.29 is 9.84 Å². The van der Waals surface area contributed by atoms with Crippen molar-refractivity contribution in [3.8, 4) is 0 Å². The normalized spacial score (nSPS) is 17.6. The summed E-state index contributed by atoms with van der Waals surface area (Å²) in [7, 11) is 0. The summed E-state index contributed by atoms with van der Waals surface area (Å²) in [5.41, 5.74) is 1.69. The smallest absolute Gasteiger partial charge is 0.103 e. The van der Waals surface area contributed by atoms with Crippen LogP contribution in [0.25, 0.3) is 0 Å². The van der Waals surface area contributed by atoms with Gasteiger partial charge in [-0.1, -0.05) is 27.5 Å². The first kappa shape index (κ1) is 12.0. The summed E-state index contributed by atoms with van der Waals surface area (Å²) < 4.78 is 6.09. The molecule has 1 heterocycles. The summed E-state index contributed by atoms with van der Waals surface area (Å²) in [5.74, 6) is 0. The van der Waals surface area contributed by atoms with Crippen molar-refractivity contribution in [1.82, 2.24) is 0 Å². The van der Waals surface area contributed by atoms with Gasteiger partial charge < -0.3 is 9.84 Å². The highest BCUT2D eigenvalue weighted by atomic mass is 79.9. The molecule has 1 aliphatic heterocycles. The number of rotatable bonds is 2. The second kappa shape index (κ2) is 5.21. The zero-order valence-electron chi connectivity index (χ0n) is 8.62. The minimum atomic E-state index is -0.629.